The highest BCUT2D eigenvalue weighted by molar-refractivity contribution is 5.73. The Labute approximate surface area is 221 Å². The van der Waals surface area contributed by atoms with Crippen molar-refractivity contribution in [1.29, 1.82) is 0 Å². The summed E-state index contributed by atoms with van der Waals surface area (Å²) in [4.78, 5) is 27.5. The van der Waals surface area contributed by atoms with E-state index in [1.54, 1.807) is 0 Å². The Bertz CT molecular complexity index is 918. The standard InChI is InChI=1S/C20H31N3O2.2C2HF3O2/c1-17-5-4-6-19(21-17)13-23-9-10-24-16-20(15-23)11-18(14-25-20)12-22-7-2-3-8-22;2*3-2(4,5)1(6)7/h4-6,18H,2-3,7-16H2,1H3;2*(H,6,7). The second kappa shape index (κ2) is 14.2. The lowest BCUT2D eigenvalue weighted by Crippen LogP contribution is -2.44. The monoisotopic (exact) mass is 573 g/mol. The first kappa shape index (κ1) is 32.7. The summed E-state index contributed by atoms with van der Waals surface area (Å²) in [7, 11) is 0. The number of carbonyl (C=O) groups is 2. The molecule has 0 amide bonds. The third-order valence-electron chi connectivity index (χ3n) is 6.25. The highest BCUT2D eigenvalue weighted by Crippen LogP contribution is 2.34. The second-order valence-corrected chi connectivity index (χ2v) is 9.71. The van der Waals surface area contributed by atoms with Crippen LogP contribution in [0.1, 0.15) is 30.7 Å². The molecule has 0 radical (unpaired) electrons. The van der Waals surface area contributed by atoms with Crippen molar-refractivity contribution in [3.05, 3.63) is 29.6 Å². The van der Waals surface area contributed by atoms with Crippen LogP contribution in [0.2, 0.25) is 0 Å². The number of aromatic nitrogens is 1. The number of carboxylic acids is 2. The van der Waals surface area contributed by atoms with Gasteiger partial charge in [0.05, 0.1) is 25.5 Å². The van der Waals surface area contributed by atoms with Gasteiger partial charge in [-0.05, 0) is 57.3 Å². The molecule has 2 N–H and O–H groups in total. The van der Waals surface area contributed by atoms with Crippen molar-refractivity contribution in [3.63, 3.8) is 0 Å². The van der Waals surface area contributed by atoms with Crippen LogP contribution in [0, 0.1) is 12.8 Å². The number of alkyl halides is 6. The van der Waals surface area contributed by atoms with Gasteiger partial charge in [0.2, 0.25) is 0 Å². The van der Waals surface area contributed by atoms with E-state index in [0.717, 1.165) is 57.3 Å². The maximum Gasteiger partial charge on any atom is 0.490 e. The molecule has 1 aromatic heterocycles. The summed E-state index contributed by atoms with van der Waals surface area (Å²) in [6, 6.07) is 6.27. The van der Waals surface area contributed by atoms with Crippen molar-refractivity contribution in [2.75, 3.05) is 52.5 Å². The second-order valence-electron chi connectivity index (χ2n) is 9.71. The molecule has 4 rings (SSSR count). The van der Waals surface area contributed by atoms with E-state index in [1.165, 1.54) is 32.5 Å². The zero-order valence-corrected chi connectivity index (χ0v) is 21.4. The number of hydrogen-bond donors (Lipinski definition) is 2. The number of aryl methyl sites for hydroxylation is 1. The maximum atomic E-state index is 10.6. The van der Waals surface area contributed by atoms with Crippen molar-refractivity contribution in [2.24, 2.45) is 5.92 Å². The molecule has 2 unspecified atom stereocenters. The molecular formula is C24H33F6N3O6. The third kappa shape index (κ3) is 11.6. The van der Waals surface area contributed by atoms with E-state index in [0.29, 0.717) is 5.92 Å². The number of ether oxygens (including phenoxy) is 2. The van der Waals surface area contributed by atoms with E-state index in [-0.39, 0.29) is 5.60 Å². The Hall–Kier alpha value is -2.49. The summed E-state index contributed by atoms with van der Waals surface area (Å²) in [5.41, 5.74) is 2.11. The molecule has 4 heterocycles. The maximum absolute atomic E-state index is 10.6. The molecule has 15 heteroatoms. The molecule has 1 spiro atoms. The molecule has 39 heavy (non-hydrogen) atoms. The summed E-state index contributed by atoms with van der Waals surface area (Å²) in [6.45, 7) is 11.0. The Morgan fingerprint density at radius 1 is 1.03 bits per heavy atom. The van der Waals surface area contributed by atoms with Crippen LogP contribution in [0.25, 0.3) is 0 Å². The number of nitrogens with zero attached hydrogens (tertiary/aromatic N) is 3. The number of hydrogen-bond acceptors (Lipinski definition) is 7. The number of aliphatic carboxylic acids is 2. The average molecular weight is 574 g/mol. The highest BCUT2D eigenvalue weighted by Gasteiger charge is 2.44. The molecular weight excluding hydrogens is 540 g/mol. The van der Waals surface area contributed by atoms with Crippen LogP contribution in [0.4, 0.5) is 26.3 Å². The zero-order chi connectivity index (χ0) is 29.3. The number of halogens is 6. The van der Waals surface area contributed by atoms with Crippen LogP contribution in [-0.2, 0) is 25.6 Å². The average Bonchev–Trinajstić information content (AvgIpc) is 3.42. The van der Waals surface area contributed by atoms with Crippen LogP contribution in [-0.4, -0.2) is 107 Å². The molecule has 0 bridgehead atoms. The van der Waals surface area contributed by atoms with Gasteiger partial charge in [0, 0.05) is 31.9 Å². The van der Waals surface area contributed by atoms with E-state index in [4.69, 9.17) is 29.3 Å². The van der Waals surface area contributed by atoms with Gasteiger partial charge in [-0.15, -0.1) is 0 Å². The molecule has 222 valence electrons. The van der Waals surface area contributed by atoms with Crippen LogP contribution in [0.3, 0.4) is 0 Å². The number of pyridine rings is 1. The van der Waals surface area contributed by atoms with Gasteiger partial charge in [-0.1, -0.05) is 6.07 Å². The summed E-state index contributed by atoms with van der Waals surface area (Å²) >= 11 is 0. The molecule has 0 aliphatic carbocycles. The fraction of sp³-hybridized carbons (Fsp3) is 0.708. The summed E-state index contributed by atoms with van der Waals surface area (Å²) < 4.78 is 75.8. The minimum atomic E-state index is -5.08. The van der Waals surface area contributed by atoms with E-state index < -0.39 is 24.3 Å². The van der Waals surface area contributed by atoms with Crippen molar-refractivity contribution in [1.82, 2.24) is 14.8 Å². The molecule has 0 aromatic carbocycles. The zero-order valence-electron chi connectivity index (χ0n) is 21.4. The molecule has 1 aromatic rings. The smallest absolute Gasteiger partial charge is 0.475 e. The van der Waals surface area contributed by atoms with E-state index >= 15 is 0 Å². The van der Waals surface area contributed by atoms with Gasteiger partial charge in [0.25, 0.3) is 0 Å². The SMILES string of the molecule is Cc1cccc(CN2CCOCC3(CC(CN4CCCC4)CO3)C2)n1.O=C(O)C(F)(F)F.O=C(O)C(F)(F)F. The lowest BCUT2D eigenvalue weighted by Gasteiger charge is -2.31. The van der Waals surface area contributed by atoms with Crippen LogP contribution < -0.4 is 0 Å². The van der Waals surface area contributed by atoms with Crippen LogP contribution in [0.5, 0.6) is 0 Å². The number of likely N-dealkylation sites (tertiary alicyclic amines) is 1. The lowest BCUT2D eigenvalue weighted by molar-refractivity contribution is -0.193. The first-order valence-electron chi connectivity index (χ1n) is 12.3. The first-order chi connectivity index (χ1) is 18.1. The molecule has 2 atom stereocenters. The first-order valence-corrected chi connectivity index (χ1v) is 12.3. The van der Waals surface area contributed by atoms with E-state index in [9.17, 15) is 26.3 Å². The van der Waals surface area contributed by atoms with Gasteiger partial charge in [0.15, 0.2) is 0 Å². The van der Waals surface area contributed by atoms with Crippen LogP contribution >= 0.6 is 0 Å². The Morgan fingerprint density at radius 3 is 2.15 bits per heavy atom. The summed E-state index contributed by atoms with van der Waals surface area (Å²) in [5.74, 6) is -4.86. The van der Waals surface area contributed by atoms with Crippen molar-refractivity contribution >= 4 is 11.9 Å². The predicted molar refractivity (Wildman–Crippen MR) is 125 cm³/mol. The highest BCUT2D eigenvalue weighted by atomic mass is 19.4. The lowest BCUT2D eigenvalue weighted by atomic mass is 9.94. The van der Waals surface area contributed by atoms with E-state index in [2.05, 4.69) is 39.9 Å². The molecule has 0 saturated carbocycles. The van der Waals surface area contributed by atoms with Crippen molar-refractivity contribution in [2.45, 2.75) is 50.7 Å². The normalized spacial score (nSPS) is 24.3. The largest absolute Gasteiger partial charge is 0.490 e. The minimum Gasteiger partial charge on any atom is -0.475 e. The van der Waals surface area contributed by atoms with Gasteiger partial charge in [0.1, 0.15) is 5.60 Å². The van der Waals surface area contributed by atoms with Gasteiger partial charge in [-0.25, -0.2) is 9.59 Å². The number of rotatable bonds is 4. The molecule has 3 aliphatic rings. The molecule has 3 saturated heterocycles. The Morgan fingerprint density at radius 2 is 1.62 bits per heavy atom. The van der Waals surface area contributed by atoms with Crippen molar-refractivity contribution in [3.8, 4) is 0 Å². The molecule has 3 aliphatic heterocycles. The van der Waals surface area contributed by atoms with Gasteiger partial charge < -0.3 is 24.6 Å². The molecule has 9 nitrogen and oxygen atoms in total. The summed E-state index contributed by atoms with van der Waals surface area (Å²) in [6.07, 6.45) is -6.32. The number of carboxylic acid groups (broad SMARTS) is 2. The third-order valence-corrected chi connectivity index (χ3v) is 6.25. The fourth-order valence-corrected chi connectivity index (χ4v) is 4.63. The predicted octanol–water partition coefficient (Wildman–Crippen LogP) is 3.36. The summed E-state index contributed by atoms with van der Waals surface area (Å²) in [5, 5.41) is 14.2. The van der Waals surface area contributed by atoms with Gasteiger partial charge >= 0.3 is 24.3 Å². The minimum absolute atomic E-state index is 0.120. The van der Waals surface area contributed by atoms with E-state index in [1.807, 2.05) is 0 Å². The van der Waals surface area contributed by atoms with Crippen molar-refractivity contribution < 1.29 is 55.6 Å². The Balaban J connectivity index is 0.000000317. The Kier molecular flexibility index (Phi) is 11.9. The fourth-order valence-electron chi connectivity index (χ4n) is 4.63. The topological polar surface area (TPSA) is 112 Å². The van der Waals surface area contributed by atoms with Crippen LogP contribution in [0.15, 0.2) is 18.2 Å². The molecule has 3 fully saturated rings. The van der Waals surface area contributed by atoms with Gasteiger partial charge in [-0.2, -0.15) is 26.3 Å². The van der Waals surface area contributed by atoms with Gasteiger partial charge in [-0.3, -0.25) is 9.88 Å². The quantitative estimate of drug-likeness (QED) is 0.524.